The van der Waals surface area contributed by atoms with E-state index in [1.807, 2.05) is 19.1 Å². The molecule has 0 spiro atoms. The summed E-state index contributed by atoms with van der Waals surface area (Å²) in [5, 5.41) is 8.23. The molecule has 0 bridgehead atoms. The van der Waals surface area contributed by atoms with E-state index >= 15 is 0 Å². The Morgan fingerprint density at radius 2 is 2.23 bits per heavy atom. The zero-order chi connectivity index (χ0) is 16.2. The zero-order valence-electron chi connectivity index (χ0n) is 13.3. The summed E-state index contributed by atoms with van der Waals surface area (Å²) in [5.41, 5.74) is 0.867. The zero-order valence-corrected chi connectivity index (χ0v) is 14.1. The van der Waals surface area contributed by atoms with E-state index in [9.17, 15) is 8.42 Å². The van der Waals surface area contributed by atoms with Gasteiger partial charge in [-0.2, -0.15) is 5.10 Å². The monoisotopic (exact) mass is 328 g/mol. The Labute approximate surface area is 132 Å². The molecule has 1 aromatic heterocycles. The minimum atomic E-state index is -3.34. The average molecular weight is 328 g/mol. The van der Waals surface area contributed by atoms with Crippen molar-refractivity contribution in [1.29, 1.82) is 0 Å². The summed E-state index contributed by atoms with van der Waals surface area (Å²) in [7, 11) is -1.83. The van der Waals surface area contributed by atoms with Crippen molar-refractivity contribution < 1.29 is 13.2 Å². The maximum atomic E-state index is 12.1. The van der Waals surface area contributed by atoms with Crippen LogP contribution < -0.4 is 9.62 Å². The van der Waals surface area contributed by atoms with Gasteiger partial charge in [0.05, 0.1) is 17.6 Å². The summed E-state index contributed by atoms with van der Waals surface area (Å²) in [6, 6.07) is 3.73. The van der Waals surface area contributed by atoms with Crippen LogP contribution in [0.1, 0.15) is 25.5 Å². The highest BCUT2D eigenvalue weighted by molar-refractivity contribution is 7.89. The lowest BCUT2D eigenvalue weighted by Crippen LogP contribution is -2.49. The Kier molecular flexibility index (Phi) is 5.71. The Hall–Kier alpha value is -1.25. The Bertz CT molecular complexity index is 576. The van der Waals surface area contributed by atoms with Gasteiger partial charge in [-0.3, -0.25) is 0 Å². The molecular weight excluding hydrogens is 304 g/mol. The molecule has 124 valence electrons. The van der Waals surface area contributed by atoms with Crippen molar-refractivity contribution in [3.63, 3.8) is 0 Å². The van der Waals surface area contributed by atoms with E-state index in [4.69, 9.17) is 4.74 Å². The number of piperidine rings is 1. The normalized spacial score (nSPS) is 20.9. The lowest BCUT2D eigenvalue weighted by Gasteiger charge is -2.33. The van der Waals surface area contributed by atoms with Crippen LogP contribution in [0.15, 0.2) is 12.1 Å². The highest BCUT2D eigenvalue weighted by Gasteiger charge is 2.26. The highest BCUT2D eigenvalue weighted by atomic mass is 32.2. The first-order chi connectivity index (χ1) is 10.4. The van der Waals surface area contributed by atoms with Crippen molar-refractivity contribution in [2.24, 2.45) is 0 Å². The van der Waals surface area contributed by atoms with Crippen LogP contribution in [-0.4, -0.2) is 56.7 Å². The maximum Gasteiger partial charge on any atom is 0.214 e. The number of nitrogens with one attached hydrogen (secondary N) is 1. The lowest BCUT2D eigenvalue weighted by atomic mass is 10.1. The van der Waals surface area contributed by atoms with Crippen molar-refractivity contribution in [2.45, 2.75) is 38.8 Å². The number of aromatic nitrogens is 2. The topological polar surface area (TPSA) is 84.4 Å². The summed E-state index contributed by atoms with van der Waals surface area (Å²) < 4.78 is 32.0. The van der Waals surface area contributed by atoms with Gasteiger partial charge in [-0.1, -0.05) is 0 Å². The van der Waals surface area contributed by atoms with Gasteiger partial charge in [-0.25, -0.2) is 13.1 Å². The number of aryl methyl sites for hydroxylation is 1. The largest absolute Gasteiger partial charge is 0.381 e. The second kappa shape index (κ2) is 7.34. The van der Waals surface area contributed by atoms with Gasteiger partial charge in [0.1, 0.15) is 0 Å². The molecule has 2 atom stereocenters. The van der Waals surface area contributed by atoms with Crippen LogP contribution in [-0.2, 0) is 14.8 Å². The first-order valence-electron chi connectivity index (χ1n) is 7.47. The number of hydrogen-bond acceptors (Lipinski definition) is 6. The summed E-state index contributed by atoms with van der Waals surface area (Å²) in [4.78, 5) is 2.07. The van der Waals surface area contributed by atoms with E-state index in [0.717, 1.165) is 30.9 Å². The van der Waals surface area contributed by atoms with E-state index in [0.29, 0.717) is 6.54 Å². The molecule has 7 nitrogen and oxygen atoms in total. The van der Waals surface area contributed by atoms with Gasteiger partial charge < -0.3 is 9.64 Å². The standard InChI is InChI=1S/C14H24N4O3S/c1-11-6-7-14(16-15-11)18-8-4-5-13(9-18)17-22(19,20)10-12(2)21-3/h6-7,12-13,17H,4-5,8-10H2,1-3H3/t12-,13+/m1/s1. The number of methoxy groups -OCH3 is 1. The third-order valence-corrected chi connectivity index (χ3v) is 5.33. The fourth-order valence-electron chi connectivity index (χ4n) is 2.52. The second-order valence-electron chi connectivity index (χ2n) is 5.76. The minimum absolute atomic E-state index is 0.0235. The molecule has 22 heavy (non-hydrogen) atoms. The van der Waals surface area contributed by atoms with E-state index < -0.39 is 10.0 Å². The van der Waals surface area contributed by atoms with Crippen molar-refractivity contribution in [2.75, 3.05) is 30.9 Å². The molecule has 1 aromatic rings. The number of rotatable bonds is 6. The van der Waals surface area contributed by atoms with Crippen molar-refractivity contribution in [1.82, 2.24) is 14.9 Å². The summed E-state index contributed by atoms with van der Waals surface area (Å²) in [6.45, 7) is 5.11. The minimum Gasteiger partial charge on any atom is -0.381 e. The maximum absolute atomic E-state index is 12.1. The van der Waals surface area contributed by atoms with Crippen molar-refractivity contribution in [3.8, 4) is 0 Å². The first kappa shape index (κ1) is 17.1. The molecule has 0 saturated carbocycles. The second-order valence-corrected chi connectivity index (χ2v) is 7.56. The van der Waals surface area contributed by atoms with Gasteiger partial charge in [0.2, 0.25) is 10.0 Å². The summed E-state index contributed by atoms with van der Waals surface area (Å²) >= 11 is 0. The van der Waals surface area contributed by atoms with E-state index in [-0.39, 0.29) is 17.9 Å². The smallest absolute Gasteiger partial charge is 0.214 e. The number of hydrogen-bond donors (Lipinski definition) is 1. The lowest BCUT2D eigenvalue weighted by molar-refractivity contribution is 0.136. The molecule has 1 N–H and O–H groups in total. The Morgan fingerprint density at radius 1 is 1.45 bits per heavy atom. The molecule has 1 fully saturated rings. The molecule has 1 aliphatic rings. The molecule has 2 heterocycles. The van der Waals surface area contributed by atoms with Crippen LogP contribution in [0, 0.1) is 6.92 Å². The molecule has 0 amide bonds. The van der Waals surface area contributed by atoms with Crippen LogP contribution in [0.25, 0.3) is 0 Å². The van der Waals surface area contributed by atoms with Crippen LogP contribution in [0.5, 0.6) is 0 Å². The summed E-state index contributed by atoms with van der Waals surface area (Å²) in [6.07, 6.45) is 1.43. The van der Waals surface area contributed by atoms with Crippen molar-refractivity contribution in [3.05, 3.63) is 17.8 Å². The quantitative estimate of drug-likeness (QED) is 0.828. The van der Waals surface area contributed by atoms with Gasteiger partial charge in [-0.05, 0) is 38.8 Å². The summed E-state index contributed by atoms with van der Waals surface area (Å²) in [5.74, 6) is 0.768. The first-order valence-corrected chi connectivity index (χ1v) is 9.13. The number of nitrogens with zero attached hydrogens (tertiary/aromatic N) is 3. The van der Waals surface area contributed by atoms with Gasteiger partial charge in [-0.15, -0.1) is 5.10 Å². The number of sulfonamides is 1. The molecule has 2 rings (SSSR count). The molecule has 0 unspecified atom stereocenters. The third-order valence-electron chi connectivity index (χ3n) is 3.73. The van der Waals surface area contributed by atoms with Crippen LogP contribution >= 0.6 is 0 Å². The van der Waals surface area contributed by atoms with Crippen molar-refractivity contribution >= 4 is 15.8 Å². The molecule has 1 aliphatic heterocycles. The molecule has 0 aromatic carbocycles. The number of ether oxygens (including phenoxy) is 1. The van der Waals surface area contributed by atoms with E-state index in [1.165, 1.54) is 7.11 Å². The van der Waals surface area contributed by atoms with Gasteiger partial charge in [0, 0.05) is 26.2 Å². The highest BCUT2D eigenvalue weighted by Crippen LogP contribution is 2.17. The fourth-order valence-corrected chi connectivity index (χ4v) is 4.07. The molecule has 1 saturated heterocycles. The number of anilines is 1. The molecule has 0 aliphatic carbocycles. The van der Waals surface area contributed by atoms with E-state index in [1.54, 1.807) is 6.92 Å². The average Bonchev–Trinajstić information content (AvgIpc) is 2.47. The molecule has 0 radical (unpaired) electrons. The SMILES string of the molecule is CO[C@H](C)CS(=O)(=O)N[C@H]1CCCN(c2ccc(C)nn2)C1. The van der Waals surface area contributed by atoms with Gasteiger partial charge >= 0.3 is 0 Å². The van der Waals surface area contributed by atoms with Crippen LogP contribution in [0.2, 0.25) is 0 Å². The molecule has 8 heteroatoms. The predicted molar refractivity (Wildman–Crippen MR) is 85.4 cm³/mol. The molecular formula is C14H24N4O3S. The Balaban J connectivity index is 1.97. The van der Waals surface area contributed by atoms with Gasteiger partial charge in [0.15, 0.2) is 5.82 Å². The van der Waals surface area contributed by atoms with Gasteiger partial charge in [0.25, 0.3) is 0 Å². The van der Waals surface area contributed by atoms with Crippen LogP contribution in [0.3, 0.4) is 0 Å². The van der Waals surface area contributed by atoms with E-state index in [2.05, 4.69) is 19.8 Å². The third kappa shape index (κ3) is 4.89. The van der Waals surface area contributed by atoms with Crippen LogP contribution in [0.4, 0.5) is 5.82 Å². The predicted octanol–water partition coefficient (Wildman–Crippen LogP) is 0.708. The Morgan fingerprint density at radius 3 is 2.86 bits per heavy atom. The fraction of sp³-hybridized carbons (Fsp3) is 0.714.